The Morgan fingerprint density at radius 3 is 2.71 bits per heavy atom. The van der Waals surface area contributed by atoms with Gasteiger partial charge < -0.3 is 5.32 Å². The molecule has 0 radical (unpaired) electrons. The van der Waals surface area contributed by atoms with Gasteiger partial charge in [-0.15, -0.1) is 0 Å². The maximum absolute atomic E-state index is 4.29. The lowest BCUT2D eigenvalue weighted by molar-refractivity contribution is 0.515. The van der Waals surface area contributed by atoms with E-state index in [4.69, 9.17) is 0 Å². The van der Waals surface area contributed by atoms with Crippen LogP contribution in [0.25, 0.3) is 0 Å². The van der Waals surface area contributed by atoms with Crippen LogP contribution in [0.3, 0.4) is 0 Å². The average molecular weight is 195 g/mol. The predicted octanol–water partition coefficient (Wildman–Crippen LogP) is 2.00. The number of rotatable bonds is 5. The van der Waals surface area contributed by atoms with E-state index in [1.165, 1.54) is 5.56 Å². The summed E-state index contributed by atoms with van der Waals surface area (Å²) >= 11 is 0. The highest BCUT2D eigenvalue weighted by atomic mass is 15.3. The number of nitrogens with zero attached hydrogens (tertiary/aromatic N) is 2. The fourth-order valence-electron chi connectivity index (χ4n) is 1.59. The van der Waals surface area contributed by atoms with E-state index in [1.54, 1.807) is 0 Å². The summed E-state index contributed by atoms with van der Waals surface area (Å²) in [4.78, 5) is 0. The quantitative estimate of drug-likeness (QED) is 0.779. The first-order valence-electron chi connectivity index (χ1n) is 5.37. The lowest BCUT2D eigenvalue weighted by Gasteiger charge is -2.14. The Morgan fingerprint density at radius 1 is 1.50 bits per heavy atom. The van der Waals surface area contributed by atoms with Crippen molar-refractivity contribution in [2.45, 2.75) is 45.7 Å². The molecule has 3 nitrogen and oxygen atoms in total. The Labute approximate surface area is 86.5 Å². The van der Waals surface area contributed by atoms with E-state index in [9.17, 15) is 0 Å². The summed E-state index contributed by atoms with van der Waals surface area (Å²) in [7, 11) is 2.01. The van der Waals surface area contributed by atoms with Crippen LogP contribution in [0.4, 0.5) is 0 Å². The Kier molecular flexibility index (Phi) is 4.14. The van der Waals surface area contributed by atoms with E-state index in [0.717, 1.165) is 13.0 Å². The number of nitrogens with one attached hydrogen (secondary N) is 1. The van der Waals surface area contributed by atoms with Crippen molar-refractivity contribution in [3.05, 3.63) is 18.0 Å². The SMILES string of the molecule is CCn1cc(C(C)CC(C)NC)cn1. The molecule has 0 spiro atoms. The second-order valence-electron chi connectivity index (χ2n) is 3.96. The van der Waals surface area contributed by atoms with Gasteiger partial charge >= 0.3 is 0 Å². The zero-order valence-electron chi connectivity index (χ0n) is 9.62. The maximum Gasteiger partial charge on any atom is 0.0524 e. The molecule has 1 aromatic rings. The normalized spacial score (nSPS) is 15.4. The van der Waals surface area contributed by atoms with E-state index >= 15 is 0 Å². The van der Waals surface area contributed by atoms with Gasteiger partial charge in [-0.25, -0.2) is 0 Å². The molecule has 3 heteroatoms. The summed E-state index contributed by atoms with van der Waals surface area (Å²) in [5.74, 6) is 0.581. The predicted molar refractivity (Wildman–Crippen MR) is 59.5 cm³/mol. The van der Waals surface area contributed by atoms with Gasteiger partial charge in [0.05, 0.1) is 6.20 Å². The van der Waals surface area contributed by atoms with Crippen LogP contribution in [0.2, 0.25) is 0 Å². The second-order valence-corrected chi connectivity index (χ2v) is 3.96. The number of hydrogen-bond acceptors (Lipinski definition) is 2. The fourth-order valence-corrected chi connectivity index (χ4v) is 1.59. The third-order valence-corrected chi connectivity index (χ3v) is 2.75. The van der Waals surface area contributed by atoms with Gasteiger partial charge in [0.25, 0.3) is 0 Å². The molecule has 2 unspecified atom stereocenters. The molecule has 1 rings (SSSR count). The summed E-state index contributed by atoms with van der Waals surface area (Å²) < 4.78 is 1.98. The lowest BCUT2D eigenvalue weighted by atomic mass is 9.97. The van der Waals surface area contributed by atoms with Gasteiger partial charge in [0, 0.05) is 18.8 Å². The third kappa shape index (κ3) is 2.84. The molecule has 80 valence electrons. The molecule has 0 fully saturated rings. The van der Waals surface area contributed by atoms with Gasteiger partial charge in [-0.3, -0.25) is 4.68 Å². The number of aromatic nitrogens is 2. The van der Waals surface area contributed by atoms with Gasteiger partial charge in [0.2, 0.25) is 0 Å². The molecule has 0 aliphatic rings. The summed E-state index contributed by atoms with van der Waals surface area (Å²) in [5.41, 5.74) is 1.34. The molecule has 0 saturated heterocycles. The molecule has 0 bridgehead atoms. The number of aryl methyl sites for hydroxylation is 1. The molecule has 2 atom stereocenters. The van der Waals surface area contributed by atoms with E-state index in [1.807, 2.05) is 17.9 Å². The molecule has 1 aromatic heterocycles. The molecule has 0 aromatic carbocycles. The first-order valence-corrected chi connectivity index (χ1v) is 5.37. The molecule has 0 aliphatic heterocycles. The van der Waals surface area contributed by atoms with E-state index < -0.39 is 0 Å². The molecule has 0 aliphatic carbocycles. The van der Waals surface area contributed by atoms with Gasteiger partial charge in [-0.2, -0.15) is 5.10 Å². The average Bonchev–Trinajstić information content (AvgIpc) is 2.65. The summed E-state index contributed by atoms with van der Waals surface area (Å²) in [6.07, 6.45) is 5.29. The molecule has 0 amide bonds. The second kappa shape index (κ2) is 5.15. The van der Waals surface area contributed by atoms with E-state index in [2.05, 4.69) is 37.4 Å². The minimum absolute atomic E-state index is 0.565. The largest absolute Gasteiger partial charge is 0.317 e. The fraction of sp³-hybridized carbons (Fsp3) is 0.727. The standard InChI is InChI=1S/C11H21N3/c1-5-14-8-11(7-13-14)9(2)6-10(3)12-4/h7-10,12H,5-6H2,1-4H3. The molecule has 1 heterocycles. The molecule has 14 heavy (non-hydrogen) atoms. The van der Waals surface area contributed by atoms with Crippen molar-refractivity contribution in [3.63, 3.8) is 0 Å². The zero-order valence-corrected chi connectivity index (χ0v) is 9.62. The van der Waals surface area contributed by atoms with Gasteiger partial charge in [0.1, 0.15) is 0 Å². The van der Waals surface area contributed by atoms with E-state index in [0.29, 0.717) is 12.0 Å². The van der Waals surface area contributed by atoms with Gasteiger partial charge in [0.15, 0.2) is 0 Å². The van der Waals surface area contributed by atoms with Crippen LogP contribution in [0.15, 0.2) is 12.4 Å². The van der Waals surface area contributed by atoms with Crippen LogP contribution in [0.1, 0.15) is 38.7 Å². The lowest BCUT2D eigenvalue weighted by Crippen LogP contribution is -2.22. The first kappa shape index (κ1) is 11.2. The highest BCUT2D eigenvalue weighted by Gasteiger charge is 2.10. The molecular weight excluding hydrogens is 174 g/mol. The van der Waals surface area contributed by atoms with Gasteiger partial charge in [-0.05, 0) is 38.8 Å². The maximum atomic E-state index is 4.29. The Bertz CT molecular complexity index is 267. The first-order chi connectivity index (χ1) is 6.67. The van der Waals surface area contributed by atoms with Crippen LogP contribution >= 0.6 is 0 Å². The molecular formula is C11H21N3. The number of hydrogen-bond donors (Lipinski definition) is 1. The summed E-state index contributed by atoms with van der Waals surface area (Å²) in [6.45, 7) is 7.53. The molecule has 0 saturated carbocycles. The van der Waals surface area contributed by atoms with Crippen LogP contribution in [0, 0.1) is 0 Å². The minimum Gasteiger partial charge on any atom is -0.317 e. The van der Waals surface area contributed by atoms with Crippen molar-refractivity contribution in [1.29, 1.82) is 0 Å². The van der Waals surface area contributed by atoms with Crippen LogP contribution in [-0.2, 0) is 6.54 Å². The van der Waals surface area contributed by atoms with Crippen LogP contribution in [-0.4, -0.2) is 22.9 Å². The highest BCUT2D eigenvalue weighted by molar-refractivity contribution is 5.10. The van der Waals surface area contributed by atoms with Crippen molar-refractivity contribution in [2.24, 2.45) is 0 Å². The van der Waals surface area contributed by atoms with Crippen LogP contribution in [0.5, 0.6) is 0 Å². The topological polar surface area (TPSA) is 29.9 Å². The Hall–Kier alpha value is -0.830. The van der Waals surface area contributed by atoms with Crippen molar-refractivity contribution < 1.29 is 0 Å². The monoisotopic (exact) mass is 195 g/mol. The van der Waals surface area contributed by atoms with Crippen molar-refractivity contribution in [2.75, 3.05) is 7.05 Å². The zero-order chi connectivity index (χ0) is 10.6. The van der Waals surface area contributed by atoms with Crippen LogP contribution < -0.4 is 5.32 Å². The smallest absolute Gasteiger partial charge is 0.0524 e. The van der Waals surface area contributed by atoms with Crippen molar-refractivity contribution in [1.82, 2.24) is 15.1 Å². The summed E-state index contributed by atoms with van der Waals surface area (Å²) in [5, 5.41) is 7.54. The minimum atomic E-state index is 0.565. The van der Waals surface area contributed by atoms with E-state index in [-0.39, 0.29) is 0 Å². The van der Waals surface area contributed by atoms with Crippen molar-refractivity contribution in [3.8, 4) is 0 Å². The van der Waals surface area contributed by atoms with Gasteiger partial charge in [-0.1, -0.05) is 6.92 Å². The Morgan fingerprint density at radius 2 is 2.21 bits per heavy atom. The Balaban J connectivity index is 2.55. The summed E-state index contributed by atoms with van der Waals surface area (Å²) in [6, 6.07) is 0.565. The highest BCUT2D eigenvalue weighted by Crippen LogP contribution is 2.19. The third-order valence-electron chi connectivity index (χ3n) is 2.75. The van der Waals surface area contributed by atoms with Crippen molar-refractivity contribution >= 4 is 0 Å². The molecule has 1 N–H and O–H groups in total.